The van der Waals surface area contributed by atoms with Gasteiger partial charge in [0.15, 0.2) is 0 Å². The quantitative estimate of drug-likeness (QED) is 0.562. The number of nitrogens with two attached hydrogens (primary N) is 2. The van der Waals surface area contributed by atoms with Crippen LogP contribution in [0.2, 0.25) is 0 Å². The highest BCUT2D eigenvalue weighted by Gasteiger charge is 2.28. The number of sulfonamides is 1. The van der Waals surface area contributed by atoms with Gasteiger partial charge in [-0.3, -0.25) is 14.4 Å². The average molecular weight is 368 g/mol. The molecule has 1 aliphatic heterocycles. The van der Waals surface area contributed by atoms with E-state index < -0.39 is 21.8 Å². The summed E-state index contributed by atoms with van der Waals surface area (Å²) in [6, 6.07) is 5.66. The summed E-state index contributed by atoms with van der Waals surface area (Å²) in [5.41, 5.74) is 5.86. The Kier molecular flexibility index (Phi) is 5.75. The Hall–Kier alpha value is -2.46. The summed E-state index contributed by atoms with van der Waals surface area (Å²) < 4.78 is 22.3. The molecular formula is C15H20N4O5S. The SMILES string of the molecule is NC(=O)C1CCN(C(=O)C(=O)NCc2ccc(S(N)(=O)=O)cc2)CC1. The van der Waals surface area contributed by atoms with Crippen LogP contribution < -0.4 is 16.2 Å². The minimum Gasteiger partial charge on any atom is -0.369 e. The van der Waals surface area contributed by atoms with E-state index in [2.05, 4.69) is 5.32 Å². The van der Waals surface area contributed by atoms with Gasteiger partial charge in [0.2, 0.25) is 15.9 Å². The van der Waals surface area contributed by atoms with Crippen LogP contribution in [0, 0.1) is 5.92 Å². The lowest BCUT2D eigenvalue weighted by atomic mass is 9.96. The van der Waals surface area contributed by atoms with E-state index in [1.54, 1.807) is 0 Å². The second-order valence-electron chi connectivity index (χ2n) is 5.84. The summed E-state index contributed by atoms with van der Waals surface area (Å²) in [4.78, 5) is 36.5. The number of likely N-dealkylation sites (tertiary alicyclic amines) is 1. The number of benzene rings is 1. The van der Waals surface area contributed by atoms with E-state index in [1.807, 2.05) is 0 Å². The summed E-state index contributed by atoms with van der Waals surface area (Å²) >= 11 is 0. The number of primary amides is 1. The third-order valence-electron chi connectivity index (χ3n) is 4.08. The number of piperidine rings is 1. The van der Waals surface area contributed by atoms with E-state index in [4.69, 9.17) is 10.9 Å². The molecule has 1 heterocycles. The lowest BCUT2D eigenvalue weighted by molar-refractivity contribution is -0.147. The van der Waals surface area contributed by atoms with Crippen molar-refractivity contribution in [3.05, 3.63) is 29.8 Å². The standard InChI is InChI=1S/C15H20N4O5S/c16-13(20)11-5-7-19(8-6-11)15(22)14(21)18-9-10-1-3-12(4-2-10)25(17,23)24/h1-4,11H,5-9H2,(H2,16,20)(H,18,21)(H2,17,23,24). The number of primary sulfonamides is 1. The van der Waals surface area contributed by atoms with E-state index in [1.165, 1.54) is 29.2 Å². The lowest BCUT2D eigenvalue weighted by Crippen LogP contribution is -2.47. The highest BCUT2D eigenvalue weighted by Crippen LogP contribution is 2.16. The number of nitrogens with one attached hydrogen (secondary N) is 1. The molecule has 2 rings (SSSR count). The molecule has 0 aliphatic carbocycles. The first-order valence-electron chi connectivity index (χ1n) is 7.66. The maximum atomic E-state index is 12.1. The third kappa shape index (κ3) is 5.00. The zero-order valence-corrected chi connectivity index (χ0v) is 14.3. The Balaban J connectivity index is 1.86. The molecule has 1 saturated heterocycles. The lowest BCUT2D eigenvalue weighted by Gasteiger charge is -2.29. The van der Waals surface area contributed by atoms with Gasteiger partial charge < -0.3 is 16.0 Å². The van der Waals surface area contributed by atoms with Gasteiger partial charge in [-0.2, -0.15) is 0 Å². The maximum Gasteiger partial charge on any atom is 0.311 e. The number of nitrogens with zero attached hydrogens (tertiary/aromatic N) is 1. The fourth-order valence-electron chi connectivity index (χ4n) is 2.57. The van der Waals surface area contributed by atoms with Crippen LogP contribution in [0.1, 0.15) is 18.4 Å². The van der Waals surface area contributed by atoms with Gasteiger partial charge in [0.05, 0.1) is 4.90 Å². The van der Waals surface area contributed by atoms with Gasteiger partial charge in [-0.25, -0.2) is 13.6 Å². The first kappa shape index (κ1) is 18.9. The Morgan fingerprint density at radius 1 is 1.12 bits per heavy atom. The van der Waals surface area contributed by atoms with Crippen molar-refractivity contribution in [2.24, 2.45) is 16.8 Å². The second-order valence-corrected chi connectivity index (χ2v) is 7.40. The van der Waals surface area contributed by atoms with E-state index in [-0.39, 0.29) is 23.3 Å². The molecule has 9 nitrogen and oxygen atoms in total. The Bertz CT molecular complexity index is 768. The molecule has 0 radical (unpaired) electrons. The summed E-state index contributed by atoms with van der Waals surface area (Å²) in [6.07, 6.45) is 0.896. The molecular weight excluding hydrogens is 348 g/mol. The predicted molar refractivity (Wildman–Crippen MR) is 88.2 cm³/mol. The molecule has 10 heteroatoms. The average Bonchev–Trinajstić information content (AvgIpc) is 2.58. The first-order chi connectivity index (χ1) is 11.7. The smallest absolute Gasteiger partial charge is 0.311 e. The van der Waals surface area contributed by atoms with Crippen molar-refractivity contribution in [3.63, 3.8) is 0 Å². The van der Waals surface area contributed by atoms with Crippen LogP contribution in [-0.4, -0.2) is 44.1 Å². The van der Waals surface area contributed by atoms with Crippen molar-refractivity contribution in [1.82, 2.24) is 10.2 Å². The largest absolute Gasteiger partial charge is 0.369 e. The van der Waals surface area contributed by atoms with E-state index >= 15 is 0 Å². The molecule has 136 valence electrons. The fraction of sp³-hybridized carbons (Fsp3) is 0.400. The van der Waals surface area contributed by atoms with Gasteiger partial charge in [0, 0.05) is 25.6 Å². The van der Waals surface area contributed by atoms with Gasteiger partial charge in [-0.05, 0) is 30.5 Å². The van der Waals surface area contributed by atoms with Crippen LogP contribution in [0.3, 0.4) is 0 Å². The molecule has 0 spiro atoms. The molecule has 5 N–H and O–H groups in total. The van der Waals surface area contributed by atoms with Crippen molar-refractivity contribution in [1.29, 1.82) is 0 Å². The number of carbonyl (C=O) groups is 3. The molecule has 1 aliphatic rings. The molecule has 0 bridgehead atoms. The Morgan fingerprint density at radius 2 is 1.68 bits per heavy atom. The third-order valence-corrected chi connectivity index (χ3v) is 5.01. The van der Waals surface area contributed by atoms with Crippen LogP contribution in [0.15, 0.2) is 29.2 Å². The molecule has 1 aromatic carbocycles. The molecule has 1 aromatic rings. The van der Waals surface area contributed by atoms with Crippen LogP contribution in [0.5, 0.6) is 0 Å². The predicted octanol–water partition coefficient (Wildman–Crippen LogP) is -1.33. The minimum absolute atomic E-state index is 0.0315. The number of amides is 3. The molecule has 0 atom stereocenters. The summed E-state index contributed by atoms with van der Waals surface area (Å²) in [7, 11) is -3.77. The number of rotatable bonds is 4. The van der Waals surface area contributed by atoms with Crippen LogP contribution in [0.25, 0.3) is 0 Å². The van der Waals surface area contributed by atoms with Crippen molar-refractivity contribution >= 4 is 27.7 Å². The van der Waals surface area contributed by atoms with Crippen molar-refractivity contribution in [3.8, 4) is 0 Å². The number of carbonyl (C=O) groups excluding carboxylic acids is 3. The number of hydrogen-bond acceptors (Lipinski definition) is 5. The zero-order chi connectivity index (χ0) is 18.6. The van der Waals surface area contributed by atoms with Crippen molar-refractivity contribution in [2.45, 2.75) is 24.3 Å². The van der Waals surface area contributed by atoms with Crippen LogP contribution >= 0.6 is 0 Å². The van der Waals surface area contributed by atoms with Gasteiger partial charge in [-0.15, -0.1) is 0 Å². The second kappa shape index (κ2) is 7.62. The first-order valence-corrected chi connectivity index (χ1v) is 9.21. The van der Waals surface area contributed by atoms with E-state index in [0.29, 0.717) is 31.5 Å². The highest BCUT2D eigenvalue weighted by molar-refractivity contribution is 7.89. The summed E-state index contributed by atoms with van der Waals surface area (Å²) in [5.74, 6) is -2.07. The molecule has 1 fully saturated rings. The van der Waals surface area contributed by atoms with Gasteiger partial charge in [0.25, 0.3) is 0 Å². The molecule has 25 heavy (non-hydrogen) atoms. The maximum absolute atomic E-state index is 12.1. The van der Waals surface area contributed by atoms with Crippen molar-refractivity contribution in [2.75, 3.05) is 13.1 Å². The molecule has 0 aromatic heterocycles. The van der Waals surface area contributed by atoms with E-state index in [0.717, 1.165) is 0 Å². The van der Waals surface area contributed by atoms with Crippen molar-refractivity contribution < 1.29 is 22.8 Å². The molecule has 3 amide bonds. The van der Waals surface area contributed by atoms with Gasteiger partial charge >= 0.3 is 11.8 Å². The summed E-state index contributed by atoms with van der Waals surface area (Å²) in [5, 5.41) is 7.49. The Morgan fingerprint density at radius 3 is 2.16 bits per heavy atom. The van der Waals surface area contributed by atoms with Gasteiger partial charge in [-0.1, -0.05) is 12.1 Å². The molecule has 0 saturated carbocycles. The monoisotopic (exact) mass is 368 g/mol. The van der Waals surface area contributed by atoms with Crippen LogP contribution in [0.4, 0.5) is 0 Å². The van der Waals surface area contributed by atoms with E-state index in [9.17, 15) is 22.8 Å². The summed E-state index contributed by atoms with van der Waals surface area (Å²) in [6.45, 7) is 0.694. The highest BCUT2D eigenvalue weighted by atomic mass is 32.2. The number of hydrogen-bond donors (Lipinski definition) is 3. The topological polar surface area (TPSA) is 153 Å². The van der Waals surface area contributed by atoms with Gasteiger partial charge in [0.1, 0.15) is 0 Å². The Labute approximate surface area is 145 Å². The molecule has 0 unspecified atom stereocenters. The normalized spacial score (nSPS) is 15.6. The fourth-order valence-corrected chi connectivity index (χ4v) is 3.08. The zero-order valence-electron chi connectivity index (χ0n) is 13.5. The van der Waals surface area contributed by atoms with Crippen LogP contribution in [-0.2, 0) is 31.0 Å². The minimum atomic E-state index is -3.77.